The van der Waals surface area contributed by atoms with E-state index in [1.807, 2.05) is 29.2 Å². The van der Waals surface area contributed by atoms with Gasteiger partial charge in [0.25, 0.3) is 0 Å². The zero-order chi connectivity index (χ0) is 20.8. The molecule has 0 bridgehead atoms. The summed E-state index contributed by atoms with van der Waals surface area (Å²) in [5, 5.41) is 0. The van der Waals surface area contributed by atoms with Gasteiger partial charge in [-0.3, -0.25) is 0 Å². The van der Waals surface area contributed by atoms with Crippen LogP contribution in [0.15, 0.2) is 72.8 Å². The van der Waals surface area contributed by atoms with Gasteiger partial charge in [-0.1, -0.05) is 60.7 Å². The Hall–Kier alpha value is -2.92. The molecule has 2 aliphatic heterocycles. The van der Waals surface area contributed by atoms with Gasteiger partial charge in [-0.15, -0.1) is 0 Å². The van der Waals surface area contributed by atoms with Gasteiger partial charge in [0.1, 0.15) is 0 Å². The summed E-state index contributed by atoms with van der Waals surface area (Å²) in [4.78, 5) is 26.5. The van der Waals surface area contributed by atoms with Gasteiger partial charge in [-0.25, -0.2) is 14.5 Å². The van der Waals surface area contributed by atoms with Crippen molar-refractivity contribution in [2.24, 2.45) is 0 Å². The summed E-state index contributed by atoms with van der Waals surface area (Å²) >= 11 is 0. The van der Waals surface area contributed by atoms with E-state index in [0.29, 0.717) is 19.5 Å². The molecule has 2 aromatic carbocycles. The highest BCUT2D eigenvalue weighted by molar-refractivity contribution is 5.93. The van der Waals surface area contributed by atoms with Crippen LogP contribution in [0, 0.1) is 0 Å². The maximum absolute atomic E-state index is 12.2. The van der Waals surface area contributed by atoms with Crippen molar-refractivity contribution < 1.29 is 19.1 Å². The quantitative estimate of drug-likeness (QED) is 0.533. The SMILES string of the molecule is O=C1C=CC(=O)OC2(CC(c3ccccc3)CCN2CCCCc2ccccc2)O1. The lowest BCUT2D eigenvalue weighted by Gasteiger charge is -2.46. The second kappa shape index (κ2) is 9.26. The molecule has 2 aliphatic rings. The number of esters is 2. The monoisotopic (exact) mass is 405 g/mol. The van der Waals surface area contributed by atoms with Gasteiger partial charge in [0.05, 0.1) is 0 Å². The van der Waals surface area contributed by atoms with E-state index in [1.54, 1.807) is 0 Å². The standard InChI is InChI=1S/C25H27NO4/c27-23-14-15-24(28)30-25(29-23)19-22(21-12-5-2-6-13-21)16-18-26(25)17-8-7-11-20-9-3-1-4-10-20/h1-6,9-10,12-15,22H,7-8,11,16-19H2. The molecule has 1 atom stereocenters. The van der Waals surface area contributed by atoms with E-state index >= 15 is 0 Å². The number of carbonyl (C=O) groups is 2. The number of benzene rings is 2. The van der Waals surface area contributed by atoms with Gasteiger partial charge in [-0.05, 0) is 42.7 Å². The second-order valence-corrected chi connectivity index (χ2v) is 7.92. The number of aryl methyl sites for hydroxylation is 1. The van der Waals surface area contributed by atoms with Gasteiger partial charge in [0, 0.05) is 31.7 Å². The highest BCUT2D eigenvalue weighted by atomic mass is 16.8. The van der Waals surface area contributed by atoms with Crippen LogP contribution in [0.5, 0.6) is 0 Å². The number of unbranched alkanes of at least 4 members (excludes halogenated alkanes) is 1. The van der Waals surface area contributed by atoms with Gasteiger partial charge in [-0.2, -0.15) is 0 Å². The normalized spacial score (nSPS) is 21.1. The van der Waals surface area contributed by atoms with Crippen LogP contribution in [0.3, 0.4) is 0 Å². The Kier molecular flexibility index (Phi) is 6.29. The molecule has 0 amide bonds. The van der Waals surface area contributed by atoms with E-state index in [9.17, 15) is 9.59 Å². The van der Waals surface area contributed by atoms with E-state index in [0.717, 1.165) is 37.8 Å². The maximum atomic E-state index is 12.2. The van der Waals surface area contributed by atoms with Crippen molar-refractivity contribution in [1.82, 2.24) is 4.90 Å². The number of likely N-dealkylation sites (tertiary alicyclic amines) is 1. The first-order chi connectivity index (χ1) is 14.6. The molecule has 2 heterocycles. The number of carbonyl (C=O) groups excluding carboxylic acids is 2. The number of rotatable bonds is 6. The average Bonchev–Trinajstić information content (AvgIpc) is 2.91. The largest absolute Gasteiger partial charge is 0.405 e. The van der Waals surface area contributed by atoms with Crippen molar-refractivity contribution in [3.63, 3.8) is 0 Å². The van der Waals surface area contributed by atoms with Crippen molar-refractivity contribution in [3.05, 3.63) is 83.9 Å². The molecule has 5 nitrogen and oxygen atoms in total. The smallest absolute Gasteiger partial charge is 0.335 e. The van der Waals surface area contributed by atoms with Crippen LogP contribution in [0.4, 0.5) is 0 Å². The second-order valence-electron chi connectivity index (χ2n) is 7.92. The van der Waals surface area contributed by atoms with E-state index in [-0.39, 0.29) is 5.92 Å². The molecule has 0 aliphatic carbocycles. The molecular weight excluding hydrogens is 378 g/mol. The lowest BCUT2D eigenvalue weighted by molar-refractivity contribution is -0.296. The zero-order valence-electron chi connectivity index (χ0n) is 17.0. The first kappa shape index (κ1) is 20.4. The first-order valence-electron chi connectivity index (χ1n) is 10.6. The number of nitrogens with zero attached hydrogens (tertiary/aromatic N) is 1. The molecule has 1 unspecified atom stereocenters. The third kappa shape index (κ3) is 4.79. The van der Waals surface area contributed by atoms with Crippen molar-refractivity contribution in [2.75, 3.05) is 13.1 Å². The predicted molar refractivity (Wildman–Crippen MR) is 113 cm³/mol. The fourth-order valence-electron chi connectivity index (χ4n) is 4.34. The van der Waals surface area contributed by atoms with Crippen LogP contribution < -0.4 is 0 Å². The third-order valence-corrected chi connectivity index (χ3v) is 5.87. The van der Waals surface area contributed by atoms with E-state index in [1.165, 1.54) is 11.1 Å². The predicted octanol–water partition coefficient (Wildman–Crippen LogP) is 4.20. The van der Waals surface area contributed by atoms with Crippen LogP contribution in [0.1, 0.15) is 42.7 Å². The molecule has 0 aromatic heterocycles. The number of hydrogen-bond donors (Lipinski definition) is 0. The molecule has 30 heavy (non-hydrogen) atoms. The summed E-state index contributed by atoms with van der Waals surface area (Å²) in [7, 11) is 0. The molecule has 1 saturated heterocycles. The fourth-order valence-corrected chi connectivity index (χ4v) is 4.34. The van der Waals surface area contributed by atoms with Crippen molar-refractivity contribution >= 4 is 11.9 Å². The van der Waals surface area contributed by atoms with Gasteiger partial charge >= 0.3 is 17.8 Å². The van der Waals surface area contributed by atoms with Crippen LogP contribution in [0.2, 0.25) is 0 Å². The average molecular weight is 405 g/mol. The lowest BCUT2D eigenvalue weighted by atomic mass is 9.87. The van der Waals surface area contributed by atoms with Crippen LogP contribution in [0.25, 0.3) is 0 Å². The summed E-state index contributed by atoms with van der Waals surface area (Å²) in [6.07, 6.45) is 6.60. The van der Waals surface area contributed by atoms with Gasteiger partial charge < -0.3 is 9.47 Å². The Labute approximate surface area is 177 Å². The molecule has 1 spiro atoms. The number of ether oxygens (including phenoxy) is 2. The van der Waals surface area contributed by atoms with Gasteiger partial charge in [0.2, 0.25) is 0 Å². The lowest BCUT2D eigenvalue weighted by Crippen LogP contribution is -2.58. The molecule has 2 aromatic rings. The molecule has 156 valence electrons. The Balaban J connectivity index is 1.47. The van der Waals surface area contributed by atoms with Crippen LogP contribution >= 0.6 is 0 Å². The maximum Gasteiger partial charge on any atom is 0.335 e. The molecule has 5 heteroatoms. The van der Waals surface area contributed by atoms with E-state index in [4.69, 9.17) is 9.47 Å². The Bertz CT molecular complexity index is 874. The topological polar surface area (TPSA) is 55.8 Å². The highest BCUT2D eigenvalue weighted by Gasteiger charge is 2.50. The summed E-state index contributed by atoms with van der Waals surface area (Å²) in [6.45, 7) is 1.40. The Morgan fingerprint density at radius 2 is 1.50 bits per heavy atom. The highest BCUT2D eigenvalue weighted by Crippen LogP contribution is 2.40. The van der Waals surface area contributed by atoms with Gasteiger partial charge in [0.15, 0.2) is 0 Å². The van der Waals surface area contributed by atoms with Crippen molar-refractivity contribution in [1.29, 1.82) is 0 Å². The van der Waals surface area contributed by atoms with Crippen molar-refractivity contribution in [2.45, 2.75) is 43.9 Å². The third-order valence-electron chi connectivity index (χ3n) is 5.87. The summed E-state index contributed by atoms with van der Waals surface area (Å²) in [5.74, 6) is -2.26. The molecular formula is C25H27NO4. The minimum Gasteiger partial charge on any atom is -0.405 e. The molecule has 0 N–H and O–H groups in total. The van der Waals surface area contributed by atoms with E-state index in [2.05, 4.69) is 36.4 Å². The first-order valence-corrected chi connectivity index (χ1v) is 10.6. The van der Waals surface area contributed by atoms with E-state index < -0.39 is 17.8 Å². The van der Waals surface area contributed by atoms with Crippen LogP contribution in [-0.2, 0) is 25.5 Å². The zero-order valence-corrected chi connectivity index (χ0v) is 17.0. The van der Waals surface area contributed by atoms with Crippen LogP contribution in [-0.4, -0.2) is 35.8 Å². The summed E-state index contributed by atoms with van der Waals surface area (Å²) < 4.78 is 11.5. The number of hydrogen-bond acceptors (Lipinski definition) is 5. The minimum atomic E-state index is -1.34. The Morgan fingerprint density at radius 3 is 2.17 bits per heavy atom. The number of piperidine rings is 1. The Morgan fingerprint density at radius 1 is 0.867 bits per heavy atom. The molecule has 4 rings (SSSR count). The summed E-state index contributed by atoms with van der Waals surface area (Å²) in [6, 6.07) is 20.5. The molecule has 0 radical (unpaired) electrons. The minimum absolute atomic E-state index is 0.158. The summed E-state index contributed by atoms with van der Waals surface area (Å²) in [5.41, 5.74) is 2.48. The molecule has 1 fully saturated rings. The molecule has 0 saturated carbocycles. The van der Waals surface area contributed by atoms with Crippen molar-refractivity contribution in [3.8, 4) is 0 Å². The fraction of sp³-hybridized carbons (Fsp3) is 0.360.